The van der Waals surface area contributed by atoms with E-state index in [1.807, 2.05) is 6.07 Å². The molecule has 0 unspecified atom stereocenters. The summed E-state index contributed by atoms with van der Waals surface area (Å²) < 4.78 is 5.86. The molecule has 2 rings (SSSR count). The number of hydrogen-bond donors (Lipinski definition) is 0. The average Bonchev–Trinajstić information content (AvgIpc) is 2.47. The van der Waals surface area contributed by atoms with E-state index in [4.69, 9.17) is 4.74 Å². The maximum absolute atomic E-state index is 12.1. The van der Waals surface area contributed by atoms with E-state index >= 15 is 0 Å². The molecule has 0 bridgehead atoms. The molecule has 0 radical (unpaired) electrons. The van der Waals surface area contributed by atoms with Gasteiger partial charge in [0.25, 0.3) is 0 Å². The Balaban J connectivity index is 2.09. The third-order valence-electron chi connectivity index (χ3n) is 2.81. The van der Waals surface area contributed by atoms with E-state index in [-0.39, 0.29) is 5.78 Å². The van der Waals surface area contributed by atoms with Crippen LogP contribution in [-0.2, 0) is 4.74 Å². The van der Waals surface area contributed by atoms with Gasteiger partial charge in [0.1, 0.15) is 0 Å². The number of halogens is 1. The van der Waals surface area contributed by atoms with Crippen LogP contribution in [0.4, 0.5) is 0 Å². The van der Waals surface area contributed by atoms with Crippen LogP contribution in [0.3, 0.4) is 0 Å². The van der Waals surface area contributed by atoms with Crippen LogP contribution in [0.1, 0.15) is 27.6 Å². The van der Waals surface area contributed by atoms with E-state index in [1.165, 1.54) is 0 Å². The van der Waals surface area contributed by atoms with Gasteiger partial charge in [0.2, 0.25) is 5.78 Å². The van der Waals surface area contributed by atoms with Crippen molar-refractivity contribution in [2.45, 2.75) is 13.0 Å². The smallest absolute Gasteiger partial charge is 0.339 e. The zero-order valence-corrected chi connectivity index (χ0v) is 12.5. The van der Waals surface area contributed by atoms with Crippen molar-refractivity contribution in [1.82, 2.24) is 0 Å². The second-order valence-electron chi connectivity index (χ2n) is 4.26. The molecule has 0 aliphatic carbocycles. The second-order valence-corrected chi connectivity index (χ2v) is 5.11. The lowest BCUT2D eigenvalue weighted by atomic mass is 10.1. The molecule has 0 aromatic heterocycles. The lowest BCUT2D eigenvalue weighted by molar-refractivity contribution is 0.0318. The van der Waals surface area contributed by atoms with Gasteiger partial charge in [0, 0.05) is 10.0 Å². The van der Waals surface area contributed by atoms with Gasteiger partial charge in [-0.1, -0.05) is 42.5 Å². The molecular weight excluding hydrogens is 320 g/mol. The molecule has 102 valence electrons. The number of carbonyl (C=O) groups excluding carboxylic acids is 2. The van der Waals surface area contributed by atoms with E-state index in [1.54, 1.807) is 55.5 Å². The average molecular weight is 333 g/mol. The number of carbonyl (C=O) groups is 2. The Kier molecular flexibility index (Phi) is 4.69. The second kappa shape index (κ2) is 6.48. The molecule has 0 aliphatic rings. The standard InChI is InChI=1S/C16H13BrO3/c1-11(15(18)12-7-3-2-4-8-12)20-16(19)13-9-5-6-10-14(13)17/h2-11H,1H3/t11-/m0/s1. The van der Waals surface area contributed by atoms with E-state index < -0.39 is 12.1 Å². The number of hydrogen-bond acceptors (Lipinski definition) is 3. The molecule has 0 N–H and O–H groups in total. The number of rotatable bonds is 4. The SMILES string of the molecule is C[C@H](OC(=O)c1ccccc1Br)C(=O)c1ccccc1. The first kappa shape index (κ1) is 14.5. The largest absolute Gasteiger partial charge is 0.451 e. The highest BCUT2D eigenvalue weighted by atomic mass is 79.9. The van der Waals surface area contributed by atoms with Crippen molar-refractivity contribution >= 4 is 27.7 Å². The summed E-state index contributed by atoms with van der Waals surface area (Å²) >= 11 is 3.28. The number of esters is 1. The number of ether oxygens (including phenoxy) is 1. The van der Waals surface area contributed by atoms with Crippen LogP contribution >= 0.6 is 15.9 Å². The predicted octanol–water partition coefficient (Wildman–Crippen LogP) is 3.88. The summed E-state index contributed by atoms with van der Waals surface area (Å²) in [6.07, 6.45) is -0.822. The van der Waals surface area contributed by atoms with E-state index in [9.17, 15) is 9.59 Å². The molecule has 2 aromatic rings. The van der Waals surface area contributed by atoms with Gasteiger partial charge in [-0.2, -0.15) is 0 Å². The van der Waals surface area contributed by atoms with Crippen molar-refractivity contribution in [2.24, 2.45) is 0 Å². The molecular formula is C16H13BrO3. The summed E-state index contributed by atoms with van der Waals surface area (Å²) in [5.74, 6) is -0.736. The molecule has 20 heavy (non-hydrogen) atoms. The Morgan fingerprint density at radius 2 is 1.60 bits per heavy atom. The monoisotopic (exact) mass is 332 g/mol. The highest BCUT2D eigenvalue weighted by molar-refractivity contribution is 9.10. The zero-order valence-electron chi connectivity index (χ0n) is 10.9. The first-order valence-electron chi connectivity index (χ1n) is 6.14. The Morgan fingerprint density at radius 3 is 2.25 bits per heavy atom. The van der Waals surface area contributed by atoms with Crippen LogP contribution in [-0.4, -0.2) is 17.9 Å². The maximum Gasteiger partial charge on any atom is 0.339 e. The Labute approximate surface area is 125 Å². The van der Waals surface area contributed by atoms with Gasteiger partial charge >= 0.3 is 5.97 Å². The zero-order chi connectivity index (χ0) is 14.5. The molecule has 3 nitrogen and oxygen atoms in total. The van der Waals surface area contributed by atoms with Crippen molar-refractivity contribution in [3.63, 3.8) is 0 Å². The predicted molar refractivity (Wildman–Crippen MR) is 79.8 cm³/mol. The highest BCUT2D eigenvalue weighted by Gasteiger charge is 2.21. The summed E-state index contributed by atoms with van der Waals surface area (Å²) in [6.45, 7) is 1.57. The third-order valence-corrected chi connectivity index (χ3v) is 3.50. The van der Waals surface area contributed by atoms with Crippen molar-refractivity contribution in [3.05, 3.63) is 70.2 Å². The van der Waals surface area contributed by atoms with E-state index in [0.717, 1.165) is 0 Å². The molecule has 0 amide bonds. The van der Waals surface area contributed by atoms with Gasteiger partial charge in [-0.15, -0.1) is 0 Å². The minimum absolute atomic E-state index is 0.217. The van der Waals surface area contributed by atoms with Gasteiger partial charge in [0.05, 0.1) is 5.56 Å². The summed E-state index contributed by atoms with van der Waals surface area (Å²) in [5, 5.41) is 0. The molecule has 0 saturated heterocycles. The summed E-state index contributed by atoms with van der Waals surface area (Å²) in [6, 6.07) is 15.7. The van der Waals surface area contributed by atoms with Crippen LogP contribution in [0.5, 0.6) is 0 Å². The summed E-state index contributed by atoms with van der Waals surface area (Å²) in [7, 11) is 0. The number of benzene rings is 2. The fourth-order valence-corrected chi connectivity index (χ4v) is 2.19. The van der Waals surface area contributed by atoms with Crippen LogP contribution in [0.2, 0.25) is 0 Å². The number of Topliss-reactive ketones (excluding diaryl/α,β-unsaturated/α-hetero) is 1. The Bertz CT molecular complexity index is 623. The first-order chi connectivity index (χ1) is 9.59. The first-order valence-corrected chi connectivity index (χ1v) is 6.93. The molecule has 0 fully saturated rings. The quantitative estimate of drug-likeness (QED) is 0.630. The van der Waals surface area contributed by atoms with Gasteiger partial charge < -0.3 is 4.74 Å². The molecule has 4 heteroatoms. The van der Waals surface area contributed by atoms with E-state index in [2.05, 4.69) is 15.9 Å². The normalized spacial score (nSPS) is 11.7. The molecule has 0 aliphatic heterocycles. The number of ketones is 1. The van der Waals surface area contributed by atoms with Gasteiger partial charge in [-0.05, 0) is 35.0 Å². The molecule has 0 saturated carbocycles. The topological polar surface area (TPSA) is 43.4 Å². The van der Waals surface area contributed by atoms with Gasteiger partial charge in [0.15, 0.2) is 6.10 Å². The van der Waals surface area contributed by atoms with Crippen LogP contribution in [0.25, 0.3) is 0 Å². The molecule has 0 heterocycles. The van der Waals surface area contributed by atoms with Crippen molar-refractivity contribution < 1.29 is 14.3 Å². The van der Waals surface area contributed by atoms with Crippen molar-refractivity contribution in [3.8, 4) is 0 Å². The van der Waals surface area contributed by atoms with Crippen LogP contribution in [0, 0.1) is 0 Å². The molecule has 2 aromatic carbocycles. The lowest BCUT2D eigenvalue weighted by Crippen LogP contribution is -2.24. The molecule has 1 atom stereocenters. The van der Waals surface area contributed by atoms with Crippen molar-refractivity contribution in [1.29, 1.82) is 0 Å². The highest BCUT2D eigenvalue weighted by Crippen LogP contribution is 2.18. The van der Waals surface area contributed by atoms with Crippen LogP contribution in [0.15, 0.2) is 59.1 Å². The Morgan fingerprint density at radius 1 is 1.00 bits per heavy atom. The lowest BCUT2D eigenvalue weighted by Gasteiger charge is -2.13. The third kappa shape index (κ3) is 3.33. The minimum atomic E-state index is -0.822. The maximum atomic E-state index is 12.1. The van der Waals surface area contributed by atoms with Crippen LogP contribution < -0.4 is 0 Å². The fourth-order valence-electron chi connectivity index (χ4n) is 1.74. The minimum Gasteiger partial charge on any atom is -0.451 e. The molecule has 0 spiro atoms. The van der Waals surface area contributed by atoms with E-state index in [0.29, 0.717) is 15.6 Å². The summed E-state index contributed by atoms with van der Waals surface area (Å²) in [5.41, 5.74) is 0.931. The fraction of sp³-hybridized carbons (Fsp3) is 0.125. The van der Waals surface area contributed by atoms with Crippen molar-refractivity contribution in [2.75, 3.05) is 0 Å². The Hall–Kier alpha value is -1.94. The van der Waals surface area contributed by atoms with Gasteiger partial charge in [-0.3, -0.25) is 4.79 Å². The summed E-state index contributed by atoms with van der Waals surface area (Å²) in [4.78, 5) is 24.1. The van der Waals surface area contributed by atoms with Gasteiger partial charge in [-0.25, -0.2) is 4.79 Å².